The summed E-state index contributed by atoms with van der Waals surface area (Å²) in [5, 5.41) is 13.8. The normalized spacial score (nSPS) is 14.0. The molecule has 0 aliphatic carbocycles. The molecule has 1 amide bonds. The minimum Gasteiger partial charge on any atom is -0.391 e. The first kappa shape index (κ1) is 60.5. The summed E-state index contributed by atoms with van der Waals surface area (Å²) >= 11 is 0. The van der Waals surface area contributed by atoms with E-state index in [0.717, 1.165) is 51.4 Å². The van der Waals surface area contributed by atoms with Crippen molar-refractivity contribution in [3.63, 3.8) is 0 Å². The number of carbonyl (C=O) groups is 1. The number of hydrogen-bond acceptors (Lipinski definition) is 5. The number of rotatable bonds is 50. The maximum Gasteiger partial charge on any atom is 0.472 e. The van der Waals surface area contributed by atoms with Crippen LogP contribution in [-0.4, -0.2) is 73.4 Å². The van der Waals surface area contributed by atoms with Crippen molar-refractivity contribution < 1.29 is 32.9 Å². The highest BCUT2D eigenvalue weighted by molar-refractivity contribution is 7.47. The number of nitrogens with one attached hydrogen (secondary N) is 1. The topological polar surface area (TPSA) is 105 Å². The van der Waals surface area contributed by atoms with Crippen molar-refractivity contribution in [3.05, 3.63) is 0 Å². The second-order valence-electron chi connectivity index (χ2n) is 20.0. The van der Waals surface area contributed by atoms with Crippen LogP contribution in [0, 0.1) is 0 Å². The average molecular weight is 888 g/mol. The molecule has 61 heavy (non-hydrogen) atoms. The minimum absolute atomic E-state index is 0.0774. The quantitative estimate of drug-likeness (QED) is 0.0319. The summed E-state index contributed by atoms with van der Waals surface area (Å²) in [4.78, 5) is 23.0. The number of hydrogen-bond donors (Lipinski definition) is 3. The maximum absolute atomic E-state index is 12.8. The smallest absolute Gasteiger partial charge is 0.391 e. The first-order valence-electron chi connectivity index (χ1n) is 26.9. The second-order valence-corrected chi connectivity index (χ2v) is 21.4. The molecule has 0 aliphatic heterocycles. The largest absolute Gasteiger partial charge is 0.472 e. The monoisotopic (exact) mass is 888 g/mol. The van der Waals surface area contributed by atoms with Gasteiger partial charge in [0.05, 0.1) is 39.9 Å². The summed E-state index contributed by atoms with van der Waals surface area (Å²) in [6.45, 7) is 4.83. The van der Waals surface area contributed by atoms with Crippen LogP contribution >= 0.6 is 7.82 Å². The summed E-state index contributed by atoms with van der Waals surface area (Å²) in [6, 6.07) is -0.751. The van der Waals surface area contributed by atoms with E-state index in [1.807, 2.05) is 21.1 Å². The van der Waals surface area contributed by atoms with Crippen molar-refractivity contribution in [1.82, 2.24) is 5.32 Å². The number of phosphoric acid groups is 1. The van der Waals surface area contributed by atoms with Gasteiger partial charge in [0.15, 0.2) is 0 Å². The molecule has 0 saturated carbocycles. The van der Waals surface area contributed by atoms with Gasteiger partial charge in [0.2, 0.25) is 5.91 Å². The van der Waals surface area contributed by atoms with Gasteiger partial charge in [0, 0.05) is 6.42 Å². The van der Waals surface area contributed by atoms with Gasteiger partial charge in [-0.05, 0) is 12.8 Å². The van der Waals surface area contributed by atoms with E-state index < -0.39 is 20.0 Å². The zero-order valence-corrected chi connectivity index (χ0v) is 42.6. The first-order valence-corrected chi connectivity index (χ1v) is 28.4. The fourth-order valence-electron chi connectivity index (χ4n) is 8.34. The van der Waals surface area contributed by atoms with Crippen molar-refractivity contribution >= 4 is 13.7 Å². The third-order valence-electron chi connectivity index (χ3n) is 12.6. The molecular weight excluding hydrogens is 780 g/mol. The number of amides is 1. The zero-order chi connectivity index (χ0) is 45.0. The predicted octanol–water partition coefficient (Wildman–Crippen LogP) is 15.7. The molecule has 0 aliphatic rings. The van der Waals surface area contributed by atoms with Crippen molar-refractivity contribution in [2.24, 2.45) is 0 Å². The van der Waals surface area contributed by atoms with Crippen LogP contribution in [0.4, 0.5) is 0 Å². The lowest BCUT2D eigenvalue weighted by atomic mass is 10.0. The summed E-state index contributed by atoms with van der Waals surface area (Å²) in [5.74, 6) is -0.145. The Morgan fingerprint density at radius 3 is 1.10 bits per heavy atom. The lowest BCUT2D eigenvalue weighted by molar-refractivity contribution is -0.870. The molecular formula is C52H108N2O6P+. The molecule has 0 aromatic rings. The van der Waals surface area contributed by atoms with Gasteiger partial charge in [-0.3, -0.25) is 13.8 Å². The van der Waals surface area contributed by atoms with Crippen LogP contribution in [0.3, 0.4) is 0 Å². The number of nitrogens with zero attached hydrogens (tertiary/aromatic N) is 1. The van der Waals surface area contributed by atoms with Gasteiger partial charge < -0.3 is 19.8 Å². The second kappa shape index (κ2) is 44.7. The molecule has 3 unspecified atom stereocenters. The van der Waals surface area contributed by atoms with Crippen molar-refractivity contribution in [1.29, 1.82) is 0 Å². The lowest BCUT2D eigenvalue weighted by Gasteiger charge is -2.26. The van der Waals surface area contributed by atoms with E-state index in [4.69, 9.17) is 9.05 Å². The van der Waals surface area contributed by atoms with Gasteiger partial charge in [0.1, 0.15) is 13.2 Å². The highest BCUT2D eigenvalue weighted by Crippen LogP contribution is 2.43. The fourth-order valence-corrected chi connectivity index (χ4v) is 9.08. The van der Waals surface area contributed by atoms with Crippen LogP contribution in [0.2, 0.25) is 0 Å². The molecule has 0 aromatic carbocycles. The van der Waals surface area contributed by atoms with Crippen molar-refractivity contribution in [2.45, 2.75) is 289 Å². The van der Waals surface area contributed by atoms with Gasteiger partial charge in [-0.1, -0.05) is 258 Å². The summed E-state index contributed by atoms with van der Waals surface area (Å²) in [5.41, 5.74) is 0. The van der Waals surface area contributed by atoms with Crippen LogP contribution < -0.4 is 5.32 Å². The molecule has 0 heterocycles. The minimum atomic E-state index is -4.29. The van der Waals surface area contributed by atoms with Crippen LogP contribution in [-0.2, 0) is 18.4 Å². The van der Waals surface area contributed by atoms with Gasteiger partial charge in [-0.25, -0.2) is 4.57 Å². The Kier molecular flexibility index (Phi) is 44.3. The third-order valence-corrected chi connectivity index (χ3v) is 13.6. The summed E-state index contributed by atoms with van der Waals surface area (Å²) < 4.78 is 23.5. The molecule has 9 heteroatoms. The van der Waals surface area contributed by atoms with Crippen molar-refractivity contribution in [3.8, 4) is 0 Å². The molecule has 0 saturated heterocycles. The van der Waals surface area contributed by atoms with Crippen LogP contribution in [0.1, 0.15) is 277 Å². The van der Waals surface area contributed by atoms with Gasteiger partial charge in [0.25, 0.3) is 0 Å². The van der Waals surface area contributed by atoms with Gasteiger partial charge in [-0.2, -0.15) is 0 Å². The van der Waals surface area contributed by atoms with E-state index in [0.29, 0.717) is 23.9 Å². The Morgan fingerprint density at radius 2 is 0.787 bits per heavy atom. The van der Waals surface area contributed by atoms with E-state index in [2.05, 4.69) is 19.2 Å². The predicted molar refractivity (Wildman–Crippen MR) is 263 cm³/mol. The van der Waals surface area contributed by atoms with Crippen LogP contribution in [0.5, 0.6) is 0 Å². The number of unbranched alkanes of at least 4 members (excludes halogenated alkanes) is 37. The van der Waals surface area contributed by atoms with Gasteiger partial charge in [-0.15, -0.1) is 0 Å². The lowest BCUT2D eigenvalue weighted by Crippen LogP contribution is -2.46. The summed E-state index contributed by atoms with van der Waals surface area (Å²) in [6.07, 6.45) is 52.3. The fraction of sp³-hybridized carbons (Fsp3) is 0.981. The molecule has 0 fully saturated rings. The number of aliphatic hydroxyl groups is 1. The average Bonchev–Trinajstić information content (AvgIpc) is 3.21. The maximum atomic E-state index is 12.8. The standard InChI is InChI=1S/C52H107N2O6P/c1-6-8-10-12-13-14-15-16-17-18-19-20-21-22-23-24-25-26-27-28-29-30-31-32-33-34-35-36-37-38-39-40-42-44-46-52(56)53-50(51(55)45-43-41-11-9-7-2)49-60-61(57,58)59-48-47-54(3,4)5/h50-51,55H,6-49H2,1-5H3,(H-,53,56,57,58)/p+1. The zero-order valence-electron chi connectivity index (χ0n) is 41.7. The van der Waals surface area contributed by atoms with Crippen LogP contribution in [0.25, 0.3) is 0 Å². The van der Waals surface area contributed by atoms with E-state index in [9.17, 15) is 19.4 Å². The van der Waals surface area contributed by atoms with Crippen LogP contribution in [0.15, 0.2) is 0 Å². The number of likely N-dealkylation sites (N-methyl/N-ethyl adjacent to an activating group) is 1. The molecule has 0 radical (unpaired) electrons. The number of phosphoric ester groups is 1. The SMILES string of the molecule is CCCCCCCCCCCCCCCCCCCCCCCCCCCCCCCCCCCCC(=O)NC(COP(=O)(O)OCC[N+](C)(C)C)C(O)CCCCCCC. The van der Waals surface area contributed by atoms with E-state index in [1.165, 1.54) is 199 Å². The number of carbonyl (C=O) groups excluding carboxylic acids is 1. The number of aliphatic hydroxyl groups excluding tert-OH is 1. The summed E-state index contributed by atoms with van der Waals surface area (Å²) in [7, 11) is 1.63. The van der Waals surface area contributed by atoms with E-state index in [-0.39, 0.29) is 19.1 Å². The van der Waals surface area contributed by atoms with Gasteiger partial charge >= 0.3 is 7.82 Å². The van der Waals surface area contributed by atoms with E-state index >= 15 is 0 Å². The molecule has 0 spiro atoms. The Morgan fingerprint density at radius 1 is 0.492 bits per heavy atom. The first-order chi connectivity index (χ1) is 29.5. The number of quaternary nitrogens is 1. The Hall–Kier alpha value is -0.500. The Bertz CT molecular complexity index is 963. The highest BCUT2D eigenvalue weighted by atomic mass is 31.2. The molecule has 0 rings (SSSR count). The Balaban J connectivity index is 3.69. The molecule has 0 aromatic heterocycles. The molecule has 0 bridgehead atoms. The molecule has 3 atom stereocenters. The highest BCUT2D eigenvalue weighted by Gasteiger charge is 2.28. The molecule has 366 valence electrons. The third kappa shape index (κ3) is 47.3. The molecule has 3 N–H and O–H groups in total. The van der Waals surface area contributed by atoms with E-state index in [1.54, 1.807) is 0 Å². The van der Waals surface area contributed by atoms with Crippen molar-refractivity contribution in [2.75, 3.05) is 40.9 Å². The molecule has 8 nitrogen and oxygen atoms in total. The Labute approximate surface area is 380 Å².